The van der Waals surface area contributed by atoms with E-state index < -0.39 is 0 Å². The van der Waals surface area contributed by atoms with Crippen molar-refractivity contribution >= 4 is 22.8 Å². The second-order valence-corrected chi connectivity index (χ2v) is 4.97. The first-order valence-electron chi connectivity index (χ1n) is 6.87. The standard InChI is InChI=1S/C16H15N5O2/c1-21(16(17)18)15(22)14-8-10-2-3-12(9-13(10)20-14)23-11-4-6-19-7-5-11/h2-9,20H,1H3,(H3,17,18). The smallest absolute Gasteiger partial charge is 0.276 e. The molecule has 3 aromatic rings. The summed E-state index contributed by atoms with van der Waals surface area (Å²) in [5.41, 5.74) is 6.45. The fraction of sp³-hybridized carbons (Fsp3) is 0.0625. The molecule has 4 N–H and O–H groups in total. The summed E-state index contributed by atoms with van der Waals surface area (Å²) in [6, 6.07) is 10.7. The van der Waals surface area contributed by atoms with Crippen LogP contribution in [0.2, 0.25) is 0 Å². The lowest BCUT2D eigenvalue weighted by atomic mass is 10.2. The van der Waals surface area contributed by atoms with Crippen molar-refractivity contribution in [3.8, 4) is 11.5 Å². The Bertz CT molecular complexity index is 873. The Morgan fingerprint density at radius 1 is 1.22 bits per heavy atom. The van der Waals surface area contributed by atoms with Crippen molar-refractivity contribution in [2.24, 2.45) is 5.73 Å². The Balaban J connectivity index is 1.89. The first-order valence-corrected chi connectivity index (χ1v) is 6.87. The molecule has 0 radical (unpaired) electrons. The molecular weight excluding hydrogens is 294 g/mol. The molecule has 0 fully saturated rings. The zero-order valence-corrected chi connectivity index (χ0v) is 12.4. The third-order valence-electron chi connectivity index (χ3n) is 3.38. The van der Waals surface area contributed by atoms with Crippen LogP contribution >= 0.6 is 0 Å². The Morgan fingerprint density at radius 2 is 1.96 bits per heavy atom. The number of nitrogens with zero attached hydrogens (tertiary/aromatic N) is 2. The Hall–Kier alpha value is -3.35. The second-order valence-electron chi connectivity index (χ2n) is 4.97. The van der Waals surface area contributed by atoms with Crippen LogP contribution in [0.25, 0.3) is 10.9 Å². The van der Waals surface area contributed by atoms with Gasteiger partial charge in [-0.15, -0.1) is 0 Å². The van der Waals surface area contributed by atoms with E-state index in [0.717, 1.165) is 15.8 Å². The van der Waals surface area contributed by atoms with E-state index in [0.29, 0.717) is 17.2 Å². The van der Waals surface area contributed by atoms with E-state index in [1.54, 1.807) is 36.7 Å². The predicted octanol–water partition coefficient (Wildman–Crippen LogP) is 2.32. The van der Waals surface area contributed by atoms with Gasteiger partial charge in [-0.2, -0.15) is 0 Å². The molecule has 0 saturated carbocycles. The van der Waals surface area contributed by atoms with E-state index >= 15 is 0 Å². The zero-order valence-electron chi connectivity index (χ0n) is 12.4. The van der Waals surface area contributed by atoms with Gasteiger partial charge in [0.2, 0.25) is 0 Å². The van der Waals surface area contributed by atoms with Gasteiger partial charge in [-0.25, -0.2) is 0 Å². The summed E-state index contributed by atoms with van der Waals surface area (Å²) >= 11 is 0. The summed E-state index contributed by atoms with van der Waals surface area (Å²) in [6.45, 7) is 0. The van der Waals surface area contributed by atoms with Crippen LogP contribution in [0.15, 0.2) is 48.8 Å². The molecule has 0 unspecified atom stereocenters. The second kappa shape index (κ2) is 5.80. The van der Waals surface area contributed by atoms with Crippen LogP contribution in [0.3, 0.4) is 0 Å². The molecule has 2 heterocycles. The number of H-pyrrole nitrogens is 1. The number of aromatic nitrogens is 2. The largest absolute Gasteiger partial charge is 0.457 e. The van der Waals surface area contributed by atoms with E-state index in [2.05, 4.69) is 9.97 Å². The highest BCUT2D eigenvalue weighted by Gasteiger charge is 2.16. The average Bonchev–Trinajstić information content (AvgIpc) is 2.97. The fourth-order valence-electron chi connectivity index (χ4n) is 2.12. The molecule has 0 aliphatic heterocycles. The number of hydrogen-bond donors (Lipinski definition) is 3. The van der Waals surface area contributed by atoms with Crippen molar-refractivity contribution in [2.75, 3.05) is 7.05 Å². The van der Waals surface area contributed by atoms with Crippen LogP contribution in [0.1, 0.15) is 10.5 Å². The number of ether oxygens (including phenoxy) is 1. The molecule has 0 spiro atoms. The summed E-state index contributed by atoms with van der Waals surface area (Å²) in [4.78, 5) is 20.2. The molecule has 3 rings (SSSR count). The lowest BCUT2D eigenvalue weighted by Crippen LogP contribution is -2.38. The lowest BCUT2D eigenvalue weighted by molar-refractivity contribution is 0.0864. The number of carbonyl (C=O) groups is 1. The van der Waals surface area contributed by atoms with E-state index in [1.165, 1.54) is 7.05 Å². The number of guanidine groups is 1. The number of nitrogens with one attached hydrogen (secondary N) is 2. The minimum atomic E-state index is -0.370. The maximum Gasteiger partial charge on any atom is 0.276 e. The summed E-state index contributed by atoms with van der Waals surface area (Å²) in [6.07, 6.45) is 3.30. The van der Waals surface area contributed by atoms with Gasteiger partial charge < -0.3 is 15.5 Å². The Morgan fingerprint density at radius 3 is 2.65 bits per heavy atom. The molecule has 0 saturated heterocycles. The van der Waals surface area contributed by atoms with Crippen LogP contribution in [0, 0.1) is 5.41 Å². The normalized spacial score (nSPS) is 10.5. The molecule has 23 heavy (non-hydrogen) atoms. The first kappa shape index (κ1) is 14.6. The maximum atomic E-state index is 12.2. The number of hydrogen-bond acceptors (Lipinski definition) is 4. The van der Waals surface area contributed by atoms with E-state index in [4.69, 9.17) is 15.9 Å². The fourth-order valence-corrected chi connectivity index (χ4v) is 2.12. The van der Waals surface area contributed by atoms with Crippen LogP contribution in [-0.4, -0.2) is 33.8 Å². The van der Waals surface area contributed by atoms with E-state index in [-0.39, 0.29) is 11.9 Å². The Labute approximate surface area is 132 Å². The van der Waals surface area contributed by atoms with Crippen LogP contribution in [-0.2, 0) is 0 Å². The number of fused-ring (bicyclic) bond motifs is 1. The van der Waals surface area contributed by atoms with Crippen LogP contribution < -0.4 is 10.5 Å². The molecule has 116 valence electrons. The van der Waals surface area contributed by atoms with Crippen molar-refractivity contribution in [1.82, 2.24) is 14.9 Å². The molecule has 1 amide bonds. The van der Waals surface area contributed by atoms with Gasteiger partial charge in [-0.1, -0.05) is 0 Å². The van der Waals surface area contributed by atoms with Gasteiger partial charge in [0.25, 0.3) is 5.91 Å². The summed E-state index contributed by atoms with van der Waals surface area (Å²) in [5, 5.41) is 8.19. The van der Waals surface area contributed by atoms with Gasteiger partial charge in [0.1, 0.15) is 17.2 Å². The van der Waals surface area contributed by atoms with Crippen molar-refractivity contribution in [2.45, 2.75) is 0 Å². The number of carbonyl (C=O) groups excluding carboxylic acids is 1. The number of nitrogens with two attached hydrogens (primary N) is 1. The molecule has 0 bridgehead atoms. The molecule has 7 nitrogen and oxygen atoms in total. The molecule has 7 heteroatoms. The highest BCUT2D eigenvalue weighted by Crippen LogP contribution is 2.25. The Kier molecular flexibility index (Phi) is 3.68. The van der Waals surface area contributed by atoms with Gasteiger partial charge in [0, 0.05) is 36.4 Å². The monoisotopic (exact) mass is 309 g/mol. The minimum Gasteiger partial charge on any atom is -0.457 e. The van der Waals surface area contributed by atoms with Gasteiger partial charge in [0.05, 0.1) is 0 Å². The topological polar surface area (TPSA) is 108 Å². The van der Waals surface area contributed by atoms with Gasteiger partial charge >= 0.3 is 0 Å². The summed E-state index contributed by atoms with van der Waals surface area (Å²) < 4.78 is 5.73. The molecule has 0 atom stereocenters. The SMILES string of the molecule is CN(C(=N)N)C(=O)c1cc2ccc(Oc3ccncc3)cc2[nH]1. The average molecular weight is 309 g/mol. The molecular formula is C16H15N5O2. The molecule has 1 aromatic carbocycles. The van der Waals surface area contributed by atoms with Crippen molar-refractivity contribution < 1.29 is 9.53 Å². The number of amides is 1. The maximum absolute atomic E-state index is 12.2. The quantitative estimate of drug-likeness (QED) is 0.509. The predicted molar refractivity (Wildman–Crippen MR) is 86.6 cm³/mol. The highest BCUT2D eigenvalue weighted by molar-refractivity contribution is 6.05. The lowest BCUT2D eigenvalue weighted by Gasteiger charge is -2.12. The third kappa shape index (κ3) is 2.98. The van der Waals surface area contributed by atoms with Crippen molar-refractivity contribution in [3.63, 3.8) is 0 Å². The van der Waals surface area contributed by atoms with Crippen molar-refractivity contribution in [1.29, 1.82) is 5.41 Å². The zero-order chi connectivity index (χ0) is 16.4. The van der Waals surface area contributed by atoms with Crippen LogP contribution in [0.5, 0.6) is 11.5 Å². The number of aromatic amines is 1. The van der Waals surface area contributed by atoms with E-state index in [1.807, 2.05) is 12.1 Å². The van der Waals surface area contributed by atoms with Gasteiger partial charge in [0.15, 0.2) is 5.96 Å². The van der Waals surface area contributed by atoms with Gasteiger partial charge in [-0.05, 0) is 30.3 Å². The molecule has 2 aromatic heterocycles. The van der Waals surface area contributed by atoms with E-state index in [9.17, 15) is 4.79 Å². The first-order chi connectivity index (χ1) is 11.0. The van der Waals surface area contributed by atoms with Crippen LogP contribution in [0.4, 0.5) is 0 Å². The number of pyridine rings is 1. The minimum absolute atomic E-state index is 0.310. The molecule has 0 aliphatic carbocycles. The van der Waals surface area contributed by atoms with Crippen molar-refractivity contribution in [3.05, 3.63) is 54.5 Å². The highest BCUT2D eigenvalue weighted by atomic mass is 16.5. The number of rotatable bonds is 3. The summed E-state index contributed by atoms with van der Waals surface area (Å²) in [7, 11) is 1.45. The molecule has 0 aliphatic rings. The third-order valence-corrected chi connectivity index (χ3v) is 3.38. The summed E-state index contributed by atoms with van der Waals surface area (Å²) in [5.74, 6) is 0.642. The number of benzene rings is 1. The van der Waals surface area contributed by atoms with Gasteiger partial charge in [-0.3, -0.25) is 20.1 Å².